The first-order valence-electron chi connectivity index (χ1n) is 7.81. The summed E-state index contributed by atoms with van der Waals surface area (Å²) in [7, 11) is 0. The molecule has 1 saturated heterocycles. The quantitative estimate of drug-likeness (QED) is 0.873. The molecule has 1 aliphatic heterocycles. The maximum atomic E-state index is 12.1. The highest BCUT2D eigenvalue weighted by molar-refractivity contribution is 7.99. The van der Waals surface area contributed by atoms with E-state index in [0.29, 0.717) is 6.54 Å². The third-order valence-corrected chi connectivity index (χ3v) is 5.03. The van der Waals surface area contributed by atoms with Crippen molar-refractivity contribution in [2.24, 2.45) is 0 Å². The second-order valence-electron chi connectivity index (χ2n) is 5.66. The minimum Gasteiger partial charge on any atom is -0.351 e. The molecule has 1 aromatic carbocycles. The molecule has 1 aromatic rings. The molecule has 2 amide bonds. The summed E-state index contributed by atoms with van der Waals surface area (Å²) >= 11 is 1.88. The molecule has 2 rings (SSSR count). The number of nitrogens with one attached hydrogen (secondary N) is 1. The van der Waals surface area contributed by atoms with E-state index in [9.17, 15) is 9.59 Å². The Morgan fingerprint density at radius 2 is 2.09 bits per heavy atom. The number of nitrogens with zero attached hydrogens (tertiary/aromatic N) is 1. The lowest BCUT2D eigenvalue weighted by molar-refractivity contribution is -0.134. The zero-order valence-corrected chi connectivity index (χ0v) is 13.9. The molecule has 0 radical (unpaired) electrons. The van der Waals surface area contributed by atoms with Gasteiger partial charge >= 0.3 is 0 Å². The molecule has 22 heavy (non-hydrogen) atoms. The lowest BCUT2D eigenvalue weighted by atomic mass is 10.1. The number of hydrogen-bond acceptors (Lipinski definition) is 3. The molecule has 5 heteroatoms. The first kappa shape index (κ1) is 16.9. The van der Waals surface area contributed by atoms with E-state index in [1.165, 1.54) is 18.2 Å². The summed E-state index contributed by atoms with van der Waals surface area (Å²) in [5.74, 6) is 2.07. The van der Waals surface area contributed by atoms with Crippen LogP contribution < -0.4 is 5.32 Å². The van der Waals surface area contributed by atoms with Gasteiger partial charge in [-0.1, -0.05) is 30.3 Å². The molecule has 0 saturated carbocycles. The van der Waals surface area contributed by atoms with Crippen LogP contribution >= 0.6 is 11.8 Å². The summed E-state index contributed by atoms with van der Waals surface area (Å²) in [6, 6.07) is 10.3. The Labute approximate surface area is 136 Å². The number of rotatable bonds is 6. The van der Waals surface area contributed by atoms with Crippen molar-refractivity contribution in [3.63, 3.8) is 0 Å². The predicted octanol–water partition coefficient (Wildman–Crippen LogP) is 2.09. The number of thioether (sulfide) groups is 1. The van der Waals surface area contributed by atoms with Crippen molar-refractivity contribution in [1.29, 1.82) is 0 Å². The van der Waals surface area contributed by atoms with Crippen LogP contribution in [0.5, 0.6) is 0 Å². The van der Waals surface area contributed by atoms with E-state index < -0.39 is 0 Å². The first-order chi connectivity index (χ1) is 10.6. The predicted molar refractivity (Wildman–Crippen MR) is 90.9 cm³/mol. The van der Waals surface area contributed by atoms with Crippen LogP contribution in [0.15, 0.2) is 30.3 Å². The number of benzene rings is 1. The minimum absolute atomic E-state index is 0.0456. The van der Waals surface area contributed by atoms with Crippen LogP contribution in [0.25, 0.3) is 0 Å². The van der Waals surface area contributed by atoms with Gasteiger partial charge in [0.2, 0.25) is 11.8 Å². The highest BCUT2D eigenvalue weighted by Gasteiger charge is 2.19. The molecule has 120 valence electrons. The van der Waals surface area contributed by atoms with Crippen LogP contribution in [0.1, 0.15) is 25.3 Å². The fourth-order valence-electron chi connectivity index (χ4n) is 2.56. The monoisotopic (exact) mass is 320 g/mol. The van der Waals surface area contributed by atoms with Gasteiger partial charge in [0.05, 0.1) is 6.54 Å². The molecular weight excluding hydrogens is 296 g/mol. The van der Waals surface area contributed by atoms with Gasteiger partial charge in [-0.05, 0) is 30.6 Å². The molecule has 1 atom stereocenters. The van der Waals surface area contributed by atoms with Gasteiger partial charge in [0.25, 0.3) is 0 Å². The molecule has 1 N–H and O–H groups in total. The van der Waals surface area contributed by atoms with Gasteiger partial charge in [0.1, 0.15) is 0 Å². The van der Waals surface area contributed by atoms with E-state index in [1.807, 2.05) is 42.1 Å². The van der Waals surface area contributed by atoms with E-state index in [0.717, 1.165) is 25.0 Å². The second kappa shape index (κ2) is 8.83. The average molecular weight is 320 g/mol. The molecule has 0 unspecified atom stereocenters. The number of amides is 2. The van der Waals surface area contributed by atoms with Crippen LogP contribution in [0.3, 0.4) is 0 Å². The molecule has 0 spiro atoms. The van der Waals surface area contributed by atoms with Crippen molar-refractivity contribution in [1.82, 2.24) is 10.2 Å². The van der Waals surface area contributed by atoms with Crippen molar-refractivity contribution in [2.45, 2.75) is 32.2 Å². The lowest BCUT2D eigenvalue weighted by Crippen LogP contribution is -2.45. The molecular formula is C17H24N2O2S. The topological polar surface area (TPSA) is 49.4 Å². The molecule has 1 aliphatic rings. The fraction of sp³-hybridized carbons (Fsp3) is 0.529. The Morgan fingerprint density at radius 3 is 2.73 bits per heavy atom. The van der Waals surface area contributed by atoms with Crippen molar-refractivity contribution in [3.05, 3.63) is 35.9 Å². The van der Waals surface area contributed by atoms with Gasteiger partial charge in [-0.3, -0.25) is 9.59 Å². The van der Waals surface area contributed by atoms with E-state index >= 15 is 0 Å². The SMILES string of the molecule is CC(=O)N(CCc1ccccc1)CC(=O)N[C@H]1CCCSC1. The third-order valence-electron chi connectivity index (χ3n) is 3.82. The standard InChI is InChI=1S/C17H24N2O2S/c1-14(20)19(10-9-15-6-3-2-4-7-15)12-17(21)18-16-8-5-11-22-13-16/h2-4,6-7,16H,5,8-13H2,1H3,(H,18,21)/t16-/m0/s1. The average Bonchev–Trinajstić information content (AvgIpc) is 2.53. The van der Waals surface area contributed by atoms with Gasteiger partial charge in [0.15, 0.2) is 0 Å². The molecule has 1 fully saturated rings. The summed E-state index contributed by atoms with van der Waals surface area (Å²) in [5.41, 5.74) is 1.18. The summed E-state index contributed by atoms with van der Waals surface area (Å²) in [6.07, 6.45) is 2.97. The Hall–Kier alpha value is -1.49. The molecule has 1 heterocycles. The lowest BCUT2D eigenvalue weighted by Gasteiger charge is -2.25. The van der Waals surface area contributed by atoms with E-state index in [4.69, 9.17) is 0 Å². The Morgan fingerprint density at radius 1 is 1.32 bits per heavy atom. The Balaban J connectivity index is 1.80. The summed E-state index contributed by atoms with van der Waals surface area (Å²) in [5, 5.41) is 3.05. The van der Waals surface area contributed by atoms with Crippen LogP contribution in [0.4, 0.5) is 0 Å². The van der Waals surface area contributed by atoms with Gasteiger partial charge in [-0.2, -0.15) is 11.8 Å². The summed E-state index contributed by atoms with van der Waals surface area (Å²) in [6.45, 7) is 2.25. The zero-order chi connectivity index (χ0) is 15.8. The molecule has 4 nitrogen and oxygen atoms in total. The first-order valence-corrected chi connectivity index (χ1v) is 8.97. The summed E-state index contributed by atoms with van der Waals surface area (Å²) in [4.78, 5) is 25.5. The van der Waals surface area contributed by atoms with Gasteiger partial charge < -0.3 is 10.2 Å². The smallest absolute Gasteiger partial charge is 0.239 e. The van der Waals surface area contributed by atoms with Crippen molar-refractivity contribution >= 4 is 23.6 Å². The van der Waals surface area contributed by atoms with E-state index in [1.54, 1.807) is 4.90 Å². The van der Waals surface area contributed by atoms with Crippen molar-refractivity contribution < 1.29 is 9.59 Å². The Kier molecular flexibility index (Phi) is 6.77. The van der Waals surface area contributed by atoms with E-state index in [-0.39, 0.29) is 24.4 Å². The van der Waals surface area contributed by atoms with Crippen LogP contribution in [-0.4, -0.2) is 47.4 Å². The molecule has 0 aromatic heterocycles. The summed E-state index contributed by atoms with van der Waals surface area (Å²) < 4.78 is 0. The van der Waals surface area contributed by atoms with Crippen LogP contribution in [-0.2, 0) is 16.0 Å². The van der Waals surface area contributed by atoms with Gasteiger partial charge in [-0.25, -0.2) is 0 Å². The van der Waals surface area contributed by atoms with Gasteiger partial charge in [0, 0.05) is 25.3 Å². The highest BCUT2D eigenvalue weighted by Crippen LogP contribution is 2.16. The third kappa shape index (κ3) is 5.72. The maximum absolute atomic E-state index is 12.1. The van der Waals surface area contributed by atoms with Crippen LogP contribution in [0, 0.1) is 0 Å². The largest absolute Gasteiger partial charge is 0.351 e. The molecule has 0 bridgehead atoms. The number of hydrogen-bond donors (Lipinski definition) is 1. The number of carbonyl (C=O) groups is 2. The van der Waals surface area contributed by atoms with Crippen LogP contribution in [0.2, 0.25) is 0 Å². The second-order valence-corrected chi connectivity index (χ2v) is 6.81. The maximum Gasteiger partial charge on any atom is 0.239 e. The van der Waals surface area contributed by atoms with Crippen molar-refractivity contribution in [3.8, 4) is 0 Å². The van der Waals surface area contributed by atoms with E-state index in [2.05, 4.69) is 5.32 Å². The van der Waals surface area contributed by atoms with Crippen molar-refractivity contribution in [2.75, 3.05) is 24.6 Å². The fourth-order valence-corrected chi connectivity index (χ4v) is 3.63. The normalized spacial score (nSPS) is 17.8. The highest BCUT2D eigenvalue weighted by atomic mass is 32.2. The minimum atomic E-state index is -0.0518. The Bertz CT molecular complexity index is 487. The van der Waals surface area contributed by atoms with Gasteiger partial charge in [-0.15, -0.1) is 0 Å². The molecule has 0 aliphatic carbocycles. The zero-order valence-electron chi connectivity index (χ0n) is 13.1. The number of carbonyl (C=O) groups excluding carboxylic acids is 2.